The zero-order chi connectivity index (χ0) is 9.42. The Morgan fingerprint density at radius 2 is 2.31 bits per heavy atom. The van der Waals surface area contributed by atoms with Crippen molar-refractivity contribution in [2.45, 2.75) is 19.3 Å². The number of hydrogen-bond donors (Lipinski definition) is 1. The van der Waals surface area contributed by atoms with Crippen LogP contribution in [0.2, 0.25) is 5.02 Å². The molecule has 0 spiro atoms. The van der Waals surface area contributed by atoms with Crippen molar-refractivity contribution in [2.24, 2.45) is 5.73 Å². The third-order valence-corrected chi connectivity index (χ3v) is 2.72. The Balaban J connectivity index is 2.59. The first kappa shape index (κ1) is 8.51. The highest BCUT2D eigenvalue weighted by Gasteiger charge is 2.19. The molecule has 1 amide bonds. The fourth-order valence-electron chi connectivity index (χ4n) is 1.67. The number of pyridine rings is 1. The van der Waals surface area contributed by atoms with E-state index in [1.165, 1.54) is 0 Å². The molecule has 0 aromatic carbocycles. The minimum atomic E-state index is -0.556. The molecule has 2 rings (SSSR count). The molecule has 1 aliphatic carbocycles. The molecule has 1 aromatic rings. The first-order valence-corrected chi connectivity index (χ1v) is 4.54. The Labute approximate surface area is 80.9 Å². The molecule has 68 valence electrons. The number of aromatic nitrogens is 1. The van der Waals surface area contributed by atoms with Crippen molar-refractivity contribution in [3.05, 3.63) is 28.0 Å². The van der Waals surface area contributed by atoms with Gasteiger partial charge >= 0.3 is 0 Å². The molecule has 0 atom stereocenters. The Hall–Kier alpha value is -1.09. The van der Waals surface area contributed by atoms with Crippen LogP contribution in [-0.4, -0.2) is 10.9 Å². The average molecular weight is 197 g/mol. The topological polar surface area (TPSA) is 56.0 Å². The van der Waals surface area contributed by atoms with Gasteiger partial charge in [-0.2, -0.15) is 0 Å². The van der Waals surface area contributed by atoms with Gasteiger partial charge in [0.05, 0.1) is 5.02 Å². The summed E-state index contributed by atoms with van der Waals surface area (Å²) in [6.45, 7) is 0. The van der Waals surface area contributed by atoms with Gasteiger partial charge in [-0.15, -0.1) is 0 Å². The number of hydrogen-bond acceptors (Lipinski definition) is 2. The Morgan fingerprint density at radius 1 is 1.54 bits per heavy atom. The highest BCUT2D eigenvalue weighted by atomic mass is 35.5. The van der Waals surface area contributed by atoms with Gasteiger partial charge in [0, 0.05) is 6.20 Å². The van der Waals surface area contributed by atoms with Crippen molar-refractivity contribution in [3.63, 3.8) is 0 Å². The van der Waals surface area contributed by atoms with E-state index >= 15 is 0 Å². The number of primary amides is 1. The van der Waals surface area contributed by atoms with E-state index in [9.17, 15) is 4.79 Å². The van der Waals surface area contributed by atoms with E-state index < -0.39 is 5.91 Å². The number of fused-ring (bicyclic) bond motifs is 1. The zero-order valence-electron chi connectivity index (χ0n) is 7.01. The maximum absolute atomic E-state index is 10.9. The largest absolute Gasteiger partial charge is 0.364 e. The van der Waals surface area contributed by atoms with Crippen molar-refractivity contribution in [2.75, 3.05) is 0 Å². The summed E-state index contributed by atoms with van der Waals surface area (Å²) in [5.74, 6) is -0.556. The SMILES string of the molecule is NC(=O)c1ncc2c(c1Cl)CCC2. The lowest BCUT2D eigenvalue weighted by Gasteiger charge is -2.04. The Bertz CT molecular complexity index is 376. The normalized spacial score (nSPS) is 14.2. The van der Waals surface area contributed by atoms with Gasteiger partial charge in [0.1, 0.15) is 5.69 Å². The van der Waals surface area contributed by atoms with Crippen molar-refractivity contribution in [1.29, 1.82) is 0 Å². The first-order valence-electron chi connectivity index (χ1n) is 4.16. The molecule has 0 fully saturated rings. The van der Waals surface area contributed by atoms with Crippen LogP contribution < -0.4 is 5.73 Å². The highest BCUT2D eigenvalue weighted by Crippen LogP contribution is 2.29. The van der Waals surface area contributed by atoms with Crippen molar-refractivity contribution in [1.82, 2.24) is 4.98 Å². The van der Waals surface area contributed by atoms with Crippen LogP contribution in [0.25, 0.3) is 0 Å². The van der Waals surface area contributed by atoms with Crippen LogP contribution in [0.4, 0.5) is 0 Å². The first-order chi connectivity index (χ1) is 6.20. The van der Waals surface area contributed by atoms with E-state index in [-0.39, 0.29) is 5.69 Å². The van der Waals surface area contributed by atoms with Gasteiger partial charge in [-0.05, 0) is 30.4 Å². The maximum atomic E-state index is 10.9. The summed E-state index contributed by atoms with van der Waals surface area (Å²) < 4.78 is 0. The minimum Gasteiger partial charge on any atom is -0.364 e. The zero-order valence-corrected chi connectivity index (χ0v) is 7.77. The number of rotatable bonds is 1. The maximum Gasteiger partial charge on any atom is 0.268 e. The molecule has 4 heteroatoms. The molecule has 1 heterocycles. The molecule has 1 aromatic heterocycles. The molecule has 0 radical (unpaired) electrons. The van der Waals surface area contributed by atoms with Crippen LogP contribution in [0.5, 0.6) is 0 Å². The molecule has 0 unspecified atom stereocenters. The van der Waals surface area contributed by atoms with Gasteiger partial charge in [-0.3, -0.25) is 4.79 Å². The summed E-state index contributed by atoms with van der Waals surface area (Å²) in [7, 11) is 0. The summed E-state index contributed by atoms with van der Waals surface area (Å²) in [5.41, 5.74) is 7.51. The predicted molar refractivity (Wildman–Crippen MR) is 49.8 cm³/mol. The third-order valence-electron chi connectivity index (χ3n) is 2.32. The molecule has 0 saturated heterocycles. The van der Waals surface area contributed by atoms with Gasteiger partial charge in [-0.1, -0.05) is 11.6 Å². The average Bonchev–Trinajstić information content (AvgIpc) is 2.52. The van der Waals surface area contributed by atoms with Crippen LogP contribution in [-0.2, 0) is 12.8 Å². The number of amides is 1. The van der Waals surface area contributed by atoms with Gasteiger partial charge in [0.25, 0.3) is 5.91 Å². The molecule has 13 heavy (non-hydrogen) atoms. The molecule has 0 bridgehead atoms. The Morgan fingerprint density at radius 3 is 3.00 bits per heavy atom. The van der Waals surface area contributed by atoms with E-state index in [0.29, 0.717) is 5.02 Å². The van der Waals surface area contributed by atoms with Gasteiger partial charge in [0.2, 0.25) is 0 Å². The monoisotopic (exact) mass is 196 g/mol. The second-order valence-electron chi connectivity index (χ2n) is 3.14. The fourth-order valence-corrected chi connectivity index (χ4v) is 2.03. The smallest absolute Gasteiger partial charge is 0.268 e. The van der Waals surface area contributed by atoms with Crippen LogP contribution in [0.15, 0.2) is 6.20 Å². The molecule has 3 nitrogen and oxygen atoms in total. The van der Waals surface area contributed by atoms with Crippen LogP contribution in [0.1, 0.15) is 28.0 Å². The molecule has 2 N–H and O–H groups in total. The van der Waals surface area contributed by atoms with Crippen LogP contribution in [0.3, 0.4) is 0 Å². The molecule has 0 aliphatic heterocycles. The van der Waals surface area contributed by atoms with Gasteiger partial charge in [0.15, 0.2) is 0 Å². The minimum absolute atomic E-state index is 0.197. The molecular formula is C9H9ClN2O. The van der Waals surface area contributed by atoms with E-state index in [1.54, 1.807) is 6.20 Å². The van der Waals surface area contributed by atoms with Gasteiger partial charge < -0.3 is 5.73 Å². The standard InChI is InChI=1S/C9H9ClN2O/c10-7-6-3-1-2-5(6)4-12-8(7)9(11)13/h4H,1-3H2,(H2,11,13). The summed E-state index contributed by atoms with van der Waals surface area (Å²) in [6, 6.07) is 0. The van der Waals surface area contributed by atoms with E-state index in [1.807, 2.05) is 0 Å². The van der Waals surface area contributed by atoms with Crippen LogP contribution in [0, 0.1) is 0 Å². The number of nitrogens with two attached hydrogens (primary N) is 1. The van der Waals surface area contributed by atoms with Gasteiger partial charge in [-0.25, -0.2) is 4.98 Å². The highest BCUT2D eigenvalue weighted by molar-refractivity contribution is 6.34. The van der Waals surface area contributed by atoms with E-state index in [2.05, 4.69) is 4.98 Å². The summed E-state index contributed by atoms with van der Waals surface area (Å²) in [4.78, 5) is 14.8. The number of carbonyl (C=O) groups is 1. The lowest BCUT2D eigenvalue weighted by atomic mass is 10.1. The summed E-state index contributed by atoms with van der Waals surface area (Å²) in [5, 5.41) is 0.447. The predicted octanol–water partition coefficient (Wildman–Crippen LogP) is 1.32. The van der Waals surface area contributed by atoms with Crippen molar-refractivity contribution in [3.8, 4) is 0 Å². The quantitative estimate of drug-likeness (QED) is 0.737. The molecular weight excluding hydrogens is 188 g/mol. The number of halogens is 1. The van der Waals surface area contributed by atoms with Crippen LogP contribution >= 0.6 is 11.6 Å². The van der Waals surface area contributed by atoms with E-state index in [0.717, 1.165) is 30.4 Å². The second-order valence-corrected chi connectivity index (χ2v) is 3.52. The fraction of sp³-hybridized carbons (Fsp3) is 0.333. The molecule has 1 aliphatic rings. The third kappa shape index (κ3) is 1.29. The van der Waals surface area contributed by atoms with Crippen molar-refractivity contribution >= 4 is 17.5 Å². The lowest BCUT2D eigenvalue weighted by molar-refractivity contribution is 0.0995. The molecule has 0 saturated carbocycles. The summed E-state index contributed by atoms with van der Waals surface area (Å²) >= 11 is 5.99. The number of nitrogens with zero attached hydrogens (tertiary/aromatic N) is 1. The van der Waals surface area contributed by atoms with E-state index in [4.69, 9.17) is 17.3 Å². The lowest BCUT2D eigenvalue weighted by Crippen LogP contribution is -2.14. The second kappa shape index (κ2) is 3.00. The number of carbonyl (C=O) groups excluding carboxylic acids is 1. The number of aryl methyl sites for hydroxylation is 1. The van der Waals surface area contributed by atoms with Crippen molar-refractivity contribution < 1.29 is 4.79 Å². The Kier molecular flexibility index (Phi) is 1.96. The summed E-state index contributed by atoms with van der Waals surface area (Å²) in [6.07, 6.45) is 4.71.